The fourth-order valence-corrected chi connectivity index (χ4v) is 8.13. The summed E-state index contributed by atoms with van der Waals surface area (Å²) in [6.07, 6.45) is 33.9. The first-order valence-corrected chi connectivity index (χ1v) is 28.0. The Morgan fingerprint density at radius 2 is 0.375 bits per heavy atom. The van der Waals surface area contributed by atoms with Gasteiger partial charge in [0.1, 0.15) is 69.5 Å². The van der Waals surface area contributed by atoms with Crippen LogP contribution in [0.25, 0.3) is 0 Å². The quantitative estimate of drug-likeness (QED) is 0.0981. The third kappa shape index (κ3) is 19.8. The van der Waals surface area contributed by atoms with Crippen LogP contribution in [0.1, 0.15) is 40.5 Å². The smallest absolute Gasteiger partial charge is 0.510 e. The van der Waals surface area contributed by atoms with Crippen molar-refractivity contribution in [1.82, 2.24) is 59.1 Å². The number of rotatable bonds is 12. The molecule has 0 bridgehead atoms. The van der Waals surface area contributed by atoms with Crippen LogP contribution in [0.15, 0.2) is 148 Å². The summed E-state index contributed by atoms with van der Waals surface area (Å²) >= 11 is 0. The van der Waals surface area contributed by atoms with Crippen molar-refractivity contribution in [3.05, 3.63) is 201 Å². The zero-order valence-electron chi connectivity index (χ0n) is 53.2. The van der Waals surface area contributed by atoms with Crippen molar-refractivity contribution < 1.29 is 52.8 Å². The van der Waals surface area contributed by atoms with Crippen LogP contribution in [-0.2, 0) is 33.8 Å². The standard InChI is InChI=1S/4C14H17N5O.2C3H8.Co.Fe/c4*1-16-4-6-18(10-16)13-8-12(20-3)9-14(15-13)19-7-5-17(2)11-19;2*1-3-2;;/h4*4-11H,1-3H3;2*3H2,1-2H3;;/q4*-2;;;;+4. The molecule has 8 aliphatic heterocycles. The molecule has 88 heavy (non-hydrogen) atoms. The molecule has 0 saturated carbocycles. The van der Waals surface area contributed by atoms with Crippen molar-refractivity contribution in [2.75, 3.05) is 124 Å². The van der Waals surface area contributed by atoms with Crippen molar-refractivity contribution in [2.24, 2.45) is 0 Å². The van der Waals surface area contributed by atoms with Gasteiger partial charge in [0.05, 0.1) is 28.4 Å². The average molecular weight is 1290 g/mol. The first-order chi connectivity index (χ1) is 41.4. The fourth-order valence-electron chi connectivity index (χ4n) is 8.13. The van der Waals surface area contributed by atoms with E-state index in [1.807, 2.05) is 336 Å². The van der Waals surface area contributed by atoms with Crippen LogP contribution in [0, 0.1) is 53.3 Å². The molecule has 1 radical (unpaired) electrons. The molecule has 4 aromatic heterocycles. The molecule has 0 aromatic carbocycles. The molecule has 0 saturated heterocycles. The predicted octanol–water partition coefficient (Wildman–Crippen LogP) is 9.93. The van der Waals surface area contributed by atoms with Gasteiger partial charge in [0.2, 0.25) is 0 Å². The first kappa shape index (κ1) is 70.3. The van der Waals surface area contributed by atoms with E-state index < -0.39 is 0 Å². The van der Waals surface area contributed by atoms with E-state index in [2.05, 4.69) is 47.6 Å². The Balaban J connectivity index is 0.000000206. The van der Waals surface area contributed by atoms with E-state index in [1.165, 1.54) is 12.8 Å². The van der Waals surface area contributed by atoms with Gasteiger partial charge >= 0.3 is 17.1 Å². The Morgan fingerprint density at radius 3 is 0.455 bits per heavy atom. The molecule has 24 nitrogen and oxygen atoms in total. The third-order valence-corrected chi connectivity index (χ3v) is 12.3. The van der Waals surface area contributed by atoms with Crippen molar-refractivity contribution in [1.29, 1.82) is 0 Å². The summed E-state index contributed by atoms with van der Waals surface area (Å²) in [7, 11) is 22.4. The number of pyridine rings is 4. The molecule has 12 rings (SSSR count). The van der Waals surface area contributed by atoms with Gasteiger partial charge in [0.15, 0.2) is 0 Å². The molecule has 0 atom stereocenters. The Kier molecular flexibility index (Phi) is 27.3. The summed E-state index contributed by atoms with van der Waals surface area (Å²) in [5.41, 5.74) is 0. The maximum atomic E-state index is 5.37. The summed E-state index contributed by atoms with van der Waals surface area (Å²) in [6.45, 7) is 24.2. The number of anilines is 8. The average Bonchev–Trinajstić information content (AvgIpc) is 4.18. The van der Waals surface area contributed by atoms with Crippen LogP contribution >= 0.6 is 0 Å². The Hall–Kier alpha value is -8.45. The Labute approximate surface area is 544 Å². The van der Waals surface area contributed by atoms with Crippen LogP contribution in [0.3, 0.4) is 0 Å². The molecule has 0 aliphatic carbocycles. The molecule has 26 heteroatoms. The second-order valence-corrected chi connectivity index (χ2v) is 20.2. The van der Waals surface area contributed by atoms with E-state index in [-0.39, 0.29) is 33.8 Å². The van der Waals surface area contributed by atoms with Crippen molar-refractivity contribution in [2.45, 2.75) is 40.5 Å². The molecule has 0 fully saturated rings. The van der Waals surface area contributed by atoms with Gasteiger partial charge in [-0.2, -0.15) is 0 Å². The maximum absolute atomic E-state index is 5.37. The van der Waals surface area contributed by atoms with E-state index in [0.717, 1.165) is 69.5 Å². The van der Waals surface area contributed by atoms with Crippen molar-refractivity contribution in [3.8, 4) is 23.0 Å². The zero-order valence-corrected chi connectivity index (χ0v) is 55.3. The van der Waals surface area contributed by atoms with Crippen LogP contribution < -0.4 is 58.1 Å². The van der Waals surface area contributed by atoms with Crippen molar-refractivity contribution >= 4 is 46.5 Å². The van der Waals surface area contributed by atoms with Gasteiger partial charge in [0, 0.05) is 65.3 Å². The van der Waals surface area contributed by atoms with E-state index >= 15 is 0 Å². The van der Waals surface area contributed by atoms with Gasteiger partial charge in [-0.25, -0.2) is 19.9 Å². The SMILES string of the molecule is CCC.CCC.COc1cc(N2C=CN(C)[CH-]2)nc(N2C=CN(C)[CH-]2)c1.COc1cc(N2C=CN(C)[CH-]2)nc(N2C=CN(C)[CH-]2)c1.COc1cc(N2C=CN(C)[CH-]2)nc(N2C=CN(C)[CH-]2)c1.COc1cc(N2C=CN(C)[CH-]2)nc(N2C=CN(C)[CH-]2)c1.[Co].[Fe+4]. The fraction of sp³-hybridized carbons (Fsp3) is 0.290. The number of aromatic nitrogens is 4. The van der Waals surface area contributed by atoms with Gasteiger partial charge in [-0.05, 0) is 156 Å². The minimum atomic E-state index is 0. The number of nitrogens with zero attached hydrogens (tertiary/aromatic N) is 20. The predicted molar refractivity (Wildman–Crippen MR) is 345 cm³/mol. The minimum Gasteiger partial charge on any atom is -0.510 e. The van der Waals surface area contributed by atoms with Gasteiger partial charge in [-0.3, -0.25) is 0 Å². The van der Waals surface area contributed by atoms with E-state index in [1.54, 1.807) is 28.4 Å². The first-order valence-electron chi connectivity index (χ1n) is 28.0. The van der Waals surface area contributed by atoms with Crippen LogP contribution in [0.5, 0.6) is 23.0 Å². The topological polar surface area (TPSA) is 140 Å². The van der Waals surface area contributed by atoms with Crippen LogP contribution in [0.2, 0.25) is 0 Å². The van der Waals surface area contributed by atoms with E-state index in [4.69, 9.17) is 18.9 Å². The zero-order chi connectivity index (χ0) is 61.9. The van der Waals surface area contributed by atoms with Crippen LogP contribution in [0.4, 0.5) is 46.5 Å². The van der Waals surface area contributed by atoms with E-state index in [9.17, 15) is 0 Å². The Morgan fingerprint density at radius 1 is 0.261 bits per heavy atom. The van der Waals surface area contributed by atoms with Crippen LogP contribution in [-0.4, -0.2) is 144 Å². The molecule has 0 amide bonds. The number of methoxy groups -OCH3 is 4. The van der Waals surface area contributed by atoms with Gasteiger partial charge in [-0.15, -0.1) is 53.3 Å². The second kappa shape index (κ2) is 34.2. The molecule has 0 spiro atoms. The summed E-state index contributed by atoms with van der Waals surface area (Å²) in [4.78, 5) is 50.1. The number of hydrogen-bond acceptors (Lipinski definition) is 24. The third-order valence-electron chi connectivity index (χ3n) is 12.3. The monoisotopic (exact) mass is 1290 g/mol. The summed E-state index contributed by atoms with van der Waals surface area (Å²) in [5, 5.41) is 0. The van der Waals surface area contributed by atoms with Gasteiger partial charge in [-0.1, -0.05) is 40.5 Å². The number of hydrogen-bond donors (Lipinski definition) is 0. The maximum Gasteiger partial charge on any atom is 4.00 e. The summed E-state index contributed by atoms with van der Waals surface area (Å²) in [5.74, 6) is 9.63. The Bertz CT molecular complexity index is 2500. The van der Waals surface area contributed by atoms with E-state index in [0.29, 0.717) is 0 Å². The number of ether oxygens (including phenoxy) is 4. The second-order valence-electron chi connectivity index (χ2n) is 20.2. The summed E-state index contributed by atoms with van der Waals surface area (Å²) in [6, 6.07) is 15.3. The minimum absolute atomic E-state index is 0. The van der Waals surface area contributed by atoms with Gasteiger partial charge < -0.3 is 97.3 Å². The molecule has 0 N–H and O–H groups in total. The molecule has 12 heterocycles. The molecular weight excluding hydrogens is 1200 g/mol. The molecule has 8 aliphatic rings. The normalized spacial score (nSPS) is 16.4. The summed E-state index contributed by atoms with van der Waals surface area (Å²) < 4.78 is 21.5. The van der Waals surface area contributed by atoms with Crippen molar-refractivity contribution in [3.63, 3.8) is 0 Å². The molecular formula is C62H84CoFeN20O4-4. The molecule has 4 aromatic rings. The molecule has 477 valence electrons. The molecule has 0 unspecified atom stereocenters. The van der Waals surface area contributed by atoms with Gasteiger partial charge in [0.25, 0.3) is 0 Å². The largest absolute Gasteiger partial charge is 4.00 e.